The number of aromatic nitrogens is 6. The molecule has 8 nitrogen and oxygen atoms in total. The molecule has 0 aliphatic carbocycles. The first-order valence-electron chi connectivity index (χ1n) is 7.64. The van der Waals surface area contributed by atoms with Crippen LogP contribution in [0.1, 0.15) is 24.2 Å². The molecule has 0 bridgehead atoms. The average Bonchev–Trinajstić information content (AvgIpc) is 3.30. The largest absolute Gasteiger partial charge is 0.330 e. The van der Waals surface area contributed by atoms with Crippen molar-refractivity contribution >= 4 is 5.91 Å². The van der Waals surface area contributed by atoms with Crippen molar-refractivity contribution in [1.82, 2.24) is 35.1 Å². The zero-order valence-electron chi connectivity index (χ0n) is 13.1. The number of rotatable bonds is 3. The fourth-order valence-corrected chi connectivity index (χ4v) is 2.76. The van der Waals surface area contributed by atoms with Crippen molar-refractivity contribution in [3.8, 4) is 11.4 Å². The Morgan fingerprint density at radius 3 is 2.79 bits per heavy atom. The first-order chi connectivity index (χ1) is 11.7. The average molecular weight is 321 g/mol. The van der Waals surface area contributed by atoms with Gasteiger partial charge in [0.05, 0.1) is 12.2 Å². The normalized spacial score (nSPS) is 14.5. The summed E-state index contributed by atoms with van der Waals surface area (Å²) < 4.78 is 1.45. The molecule has 1 atom stereocenters. The maximum atomic E-state index is 12.6. The summed E-state index contributed by atoms with van der Waals surface area (Å²) in [5.74, 6) is 0.638. The van der Waals surface area contributed by atoms with Crippen molar-refractivity contribution in [3.05, 3.63) is 54.1 Å². The lowest BCUT2D eigenvalue weighted by atomic mass is 10.2. The highest BCUT2D eigenvalue weighted by atomic mass is 16.2. The molecule has 1 amide bonds. The number of nitrogens with zero attached hydrogens (tertiary/aromatic N) is 7. The minimum absolute atomic E-state index is 0.0402. The zero-order valence-corrected chi connectivity index (χ0v) is 13.1. The summed E-state index contributed by atoms with van der Waals surface area (Å²) in [5, 5.41) is 10.9. The molecule has 4 rings (SSSR count). The van der Waals surface area contributed by atoms with Crippen molar-refractivity contribution in [2.45, 2.75) is 26.1 Å². The quantitative estimate of drug-likeness (QED) is 0.721. The third kappa shape index (κ3) is 2.51. The monoisotopic (exact) mass is 321 g/mol. The highest BCUT2D eigenvalue weighted by Crippen LogP contribution is 2.25. The van der Waals surface area contributed by atoms with Crippen molar-refractivity contribution in [1.29, 1.82) is 0 Å². The lowest BCUT2D eigenvalue weighted by molar-refractivity contribution is -0.135. The van der Waals surface area contributed by atoms with Crippen LogP contribution in [0.3, 0.4) is 0 Å². The van der Waals surface area contributed by atoms with Crippen LogP contribution in [0, 0.1) is 0 Å². The number of carbonyl (C=O) groups excluding carboxylic acids is 1. The molecular formula is C16H15N7O. The van der Waals surface area contributed by atoms with E-state index in [0.29, 0.717) is 18.9 Å². The molecule has 0 unspecified atom stereocenters. The number of tetrazole rings is 1. The molecule has 3 heterocycles. The van der Waals surface area contributed by atoms with Gasteiger partial charge in [-0.2, -0.15) is 0 Å². The van der Waals surface area contributed by atoms with Gasteiger partial charge in [-0.15, -0.1) is 5.10 Å². The lowest BCUT2D eigenvalue weighted by Crippen LogP contribution is -2.32. The first-order valence-corrected chi connectivity index (χ1v) is 7.64. The predicted octanol–water partition coefficient (Wildman–Crippen LogP) is 1.23. The smallest absolute Gasteiger partial charge is 0.247 e. The molecule has 24 heavy (non-hydrogen) atoms. The van der Waals surface area contributed by atoms with E-state index in [9.17, 15) is 4.79 Å². The van der Waals surface area contributed by atoms with E-state index in [1.165, 1.54) is 11.0 Å². The van der Waals surface area contributed by atoms with E-state index in [1.807, 2.05) is 30.3 Å². The Morgan fingerprint density at radius 2 is 2.04 bits per heavy atom. The van der Waals surface area contributed by atoms with E-state index in [4.69, 9.17) is 0 Å². The minimum atomic E-state index is -0.448. The Hall–Kier alpha value is -3.16. The topological polar surface area (TPSA) is 89.7 Å². The van der Waals surface area contributed by atoms with Gasteiger partial charge in [0.25, 0.3) is 0 Å². The molecule has 3 aromatic rings. The van der Waals surface area contributed by atoms with Gasteiger partial charge in [0.2, 0.25) is 5.91 Å². The molecular weight excluding hydrogens is 306 g/mol. The summed E-state index contributed by atoms with van der Waals surface area (Å²) >= 11 is 0. The number of benzene rings is 1. The van der Waals surface area contributed by atoms with Crippen molar-refractivity contribution in [3.63, 3.8) is 0 Å². The third-order valence-corrected chi connectivity index (χ3v) is 4.12. The van der Waals surface area contributed by atoms with Crippen LogP contribution in [0.5, 0.6) is 0 Å². The minimum Gasteiger partial charge on any atom is -0.330 e. The molecule has 1 aliphatic rings. The Kier molecular flexibility index (Phi) is 3.49. The van der Waals surface area contributed by atoms with Crippen LogP contribution >= 0.6 is 0 Å². The summed E-state index contributed by atoms with van der Waals surface area (Å²) in [7, 11) is 0. The number of fused-ring (bicyclic) bond motifs is 1. The second-order valence-corrected chi connectivity index (χ2v) is 5.69. The molecule has 0 saturated heterocycles. The second-order valence-electron chi connectivity index (χ2n) is 5.69. The number of hydrogen-bond acceptors (Lipinski definition) is 6. The Balaban J connectivity index is 1.55. The third-order valence-electron chi connectivity index (χ3n) is 4.12. The van der Waals surface area contributed by atoms with Crippen LogP contribution in [0.4, 0.5) is 0 Å². The molecule has 0 fully saturated rings. The van der Waals surface area contributed by atoms with Crippen LogP contribution in [0.15, 0.2) is 42.9 Å². The van der Waals surface area contributed by atoms with E-state index in [1.54, 1.807) is 18.0 Å². The molecule has 1 aromatic carbocycles. The van der Waals surface area contributed by atoms with Gasteiger partial charge >= 0.3 is 0 Å². The highest BCUT2D eigenvalue weighted by molar-refractivity contribution is 5.80. The molecule has 1 aliphatic heterocycles. The van der Waals surface area contributed by atoms with Crippen molar-refractivity contribution in [2.75, 3.05) is 0 Å². The highest BCUT2D eigenvalue weighted by Gasteiger charge is 2.29. The van der Waals surface area contributed by atoms with Gasteiger partial charge in [0.1, 0.15) is 12.4 Å². The molecule has 8 heteroatoms. The first kappa shape index (κ1) is 14.4. The number of amides is 1. The molecule has 0 N–H and O–H groups in total. The van der Waals surface area contributed by atoms with Crippen LogP contribution < -0.4 is 0 Å². The maximum absolute atomic E-state index is 12.6. The molecule has 0 spiro atoms. The Morgan fingerprint density at radius 1 is 1.21 bits per heavy atom. The lowest BCUT2D eigenvalue weighted by Gasteiger charge is -2.19. The fraction of sp³-hybridized carbons (Fsp3) is 0.250. The summed E-state index contributed by atoms with van der Waals surface area (Å²) in [6.45, 7) is 2.77. The molecule has 120 valence electrons. The zero-order chi connectivity index (χ0) is 16.5. The maximum Gasteiger partial charge on any atom is 0.247 e. The summed E-state index contributed by atoms with van der Waals surface area (Å²) in [6, 6.07) is 9.36. The van der Waals surface area contributed by atoms with E-state index < -0.39 is 6.04 Å². The van der Waals surface area contributed by atoms with E-state index in [-0.39, 0.29) is 5.91 Å². The standard InChI is InChI=1S/C16H15N7O/c1-11(23-10-18-20-21-23)16(24)22-8-13-7-17-15(19-14(13)9-22)12-5-3-2-4-6-12/h2-7,10-11H,8-9H2,1H3/t11-/m0/s1. The van der Waals surface area contributed by atoms with Crippen LogP contribution in [-0.4, -0.2) is 41.0 Å². The Bertz CT molecular complexity index is 863. The van der Waals surface area contributed by atoms with Crippen molar-refractivity contribution in [2.24, 2.45) is 0 Å². The van der Waals surface area contributed by atoms with E-state index >= 15 is 0 Å². The van der Waals surface area contributed by atoms with Gasteiger partial charge < -0.3 is 4.90 Å². The molecule has 0 saturated carbocycles. The van der Waals surface area contributed by atoms with E-state index in [2.05, 4.69) is 25.5 Å². The number of carbonyl (C=O) groups is 1. The second kappa shape index (κ2) is 5.80. The van der Waals surface area contributed by atoms with Crippen LogP contribution in [0.2, 0.25) is 0 Å². The van der Waals surface area contributed by atoms with Gasteiger partial charge in [-0.3, -0.25) is 4.79 Å². The number of hydrogen-bond donors (Lipinski definition) is 0. The fourth-order valence-electron chi connectivity index (χ4n) is 2.76. The van der Waals surface area contributed by atoms with Gasteiger partial charge in [-0.1, -0.05) is 30.3 Å². The summed E-state index contributed by atoms with van der Waals surface area (Å²) in [6.07, 6.45) is 3.25. The summed E-state index contributed by atoms with van der Waals surface area (Å²) in [4.78, 5) is 23.4. The van der Waals surface area contributed by atoms with Gasteiger partial charge in [-0.25, -0.2) is 14.6 Å². The van der Waals surface area contributed by atoms with Crippen LogP contribution in [0.25, 0.3) is 11.4 Å². The van der Waals surface area contributed by atoms with Gasteiger partial charge in [0, 0.05) is 23.9 Å². The SMILES string of the molecule is C[C@@H](C(=O)N1Cc2cnc(-c3ccccc3)nc2C1)n1cnnn1. The van der Waals surface area contributed by atoms with E-state index in [0.717, 1.165) is 16.8 Å². The van der Waals surface area contributed by atoms with Gasteiger partial charge in [-0.05, 0) is 17.4 Å². The molecule has 2 aromatic heterocycles. The van der Waals surface area contributed by atoms with Crippen LogP contribution in [-0.2, 0) is 17.9 Å². The van der Waals surface area contributed by atoms with Crippen molar-refractivity contribution < 1.29 is 4.79 Å². The predicted molar refractivity (Wildman–Crippen MR) is 84.3 cm³/mol. The summed E-state index contributed by atoms with van der Waals surface area (Å²) in [5.41, 5.74) is 2.83. The Labute approximate surface area is 138 Å². The van der Waals surface area contributed by atoms with Gasteiger partial charge in [0.15, 0.2) is 5.82 Å². The molecule has 0 radical (unpaired) electrons.